The van der Waals surface area contributed by atoms with Gasteiger partial charge in [0.05, 0.1) is 12.6 Å². The van der Waals surface area contributed by atoms with Gasteiger partial charge in [0.25, 0.3) is 0 Å². The second-order valence-electron chi connectivity index (χ2n) is 6.00. The van der Waals surface area contributed by atoms with Crippen LogP contribution in [-0.4, -0.2) is 47.9 Å². The molecule has 0 aromatic carbocycles. The molecule has 7 heteroatoms. The van der Waals surface area contributed by atoms with E-state index in [0.717, 1.165) is 17.8 Å². The van der Waals surface area contributed by atoms with Gasteiger partial charge in [-0.3, -0.25) is 14.5 Å². The Morgan fingerprint density at radius 1 is 1.55 bits per heavy atom. The molecule has 0 radical (unpaired) electrons. The zero-order chi connectivity index (χ0) is 15.5. The molecule has 3 heterocycles. The molecule has 2 fully saturated rings. The SMILES string of the molecule is NC1CC2C(=O)NCC(CCC(=O)NCc3cccs3)N2C1. The number of rotatable bonds is 5. The fraction of sp³-hybridized carbons (Fsp3) is 0.600. The topological polar surface area (TPSA) is 87.5 Å². The third kappa shape index (κ3) is 3.48. The van der Waals surface area contributed by atoms with Crippen molar-refractivity contribution in [3.63, 3.8) is 0 Å². The summed E-state index contributed by atoms with van der Waals surface area (Å²) in [6.45, 7) is 1.95. The molecule has 120 valence electrons. The largest absolute Gasteiger partial charge is 0.353 e. The van der Waals surface area contributed by atoms with Crippen LogP contribution < -0.4 is 16.4 Å². The zero-order valence-corrected chi connectivity index (χ0v) is 13.3. The van der Waals surface area contributed by atoms with Gasteiger partial charge in [-0.25, -0.2) is 0 Å². The Kier molecular flexibility index (Phi) is 4.75. The van der Waals surface area contributed by atoms with E-state index in [1.165, 1.54) is 0 Å². The van der Waals surface area contributed by atoms with Crippen molar-refractivity contribution < 1.29 is 9.59 Å². The molecular weight excluding hydrogens is 300 g/mol. The monoisotopic (exact) mass is 322 g/mol. The summed E-state index contributed by atoms with van der Waals surface area (Å²) in [7, 11) is 0. The van der Waals surface area contributed by atoms with Crippen LogP contribution in [0.4, 0.5) is 0 Å². The van der Waals surface area contributed by atoms with Crippen molar-refractivity contribution in [2.45, 2.75) is 43.9 Å². The minimum absolute atomic E-state index is 0.0593. The maximum Gasteiger partial charge on any atom is 0.237 e. The Bertz CT molecular complexity index is 534. The number of amides is 2. The summed E-state index contributed by atoms with van der Waals surface area (Å²) in [5, 5.41) is 7.88. The Morgan fingerprint density at radius 3 is 3.18 bits per heavy atom. The highest BCUT2D eigenvalue weighted by Crippen LogP contribution is 2.24. The smallest absolute Gasteiger partial charge is 0.237 e. The van der Waals surface area contributed by atoms with E-state index >= 15 is 0 Å². The summed E-state index contributed by atoms with van der Waals surface area (Å²) in [6, 6.07) is 4.15. The molecular formula is C15H22N4O2S. The number of nitrogens with one attached hydrogen (secondary N) is 2. The quantitative estimate of drug-likeness (QED) is 0.714. The van der Waals surface area contributed by atoms with Gasteiger partial charge in [-0.2, -0.15) is 0 Å². The highest BCUT2D eigenvalue weighted by Gasteiger charge is 2.42. The number of hydrogen-bond donors (Lipinski definition) is 3. The molecule has 0 spiro atoms. The van der Waals surface area contributed by atoms with Gasteiger partial charge in [0, 0.05) is 36.5 Å². The number of carbonyl (C=O) groups is 2. The van der Waals surface area contributed by atoms with Gasteiger partial charge >= 0.3 is 0 Å². The van der Waals surface area contributed by atoms with Crippen molar-refractivity contribution in [3.8, 4) is 0 Å². The van der Waals surface area contributed by atoms with Crippen LogP contribution in [0.15, 0.2) is 17.5 Å². The lowest BCUT2D eigenvalue weighted by Crippen LogP contribution is -2.58. The molecule has 0 bridgehead atoms. The molecule has 4 N–H and O–H groups in total. The first-order chi connectivity index (χ1) is 10.6. The van der Waals surface area contributed by atoms with E-state index in [-0.39, 0.29) is 29.9 Å². The van der Waals surface area contributed by atoms with Crippen LogP contribution in [0.25, 0.3) is 0 Å². The van der Waals surface area contributed by atoms with E-state index < -0.39 is 0 Å². The van der Waals surface area contributed by atoms with E-state index in [9.17, 15) is 9.59 Å². The fourth-order valence-electron chi connectivity index (χ4n) is 3.26. The highest BCUT2D eigenvalue weighted by atomic mass is 32.1. The molecule has 2 amide bonds. The van der Waals surface area contributed by atoms with E-state index in [0.29, 0.717) is 25.9 Å². The molecule has 2 aliphatic heterocycles. The number of piperazine rings is 1. The Balaban J connectivity index is 1.46. The van der Waals surface area contributed by atoms with Crippen molar-refractivity contribution in [1.82, 2.24) is 15.5 Å². The standard InChI is InChI=1S/C15H22N4O2S/c16-10-6-13-15(21)18-7-11(19(13)9-10)3-4-14(20)17-8-12-2-1-5-22-12/h1-2,5,10-11,13H,3-4,6-9,16H2,(H,17,20)(H,18,21). The molecule has 1 aromatic heterocycles. The molecule has 3 atom stereocenters. The normalized spacial score (nSPS) is 28.2. The van der Waals surface area contributed by atoms with Gasteiger partial charge in [0.1, 0.15) is 0 Å². The van der Waals surface area contributed by atoms with Crippen LogP contribution in [0.1, 0.15) is 24.1 Å². The van der Waals surface area contributed by atoms with Crippen molar-refractivity contribution >= 4 is 23.2 Å². The van der Waals surface area contributed by atoms with Crippen LogP contribution in [0, 0.1) is 0 Å². The van der Waals surface area contributed by atoms with Crippen LogP contribution >= 0.6 is 11.3 Å². The minimum atomic E-state index is -0.108. The molecule has 0 saturated carbocycles. The summed E-state index contributed by atoms with van der Waals surface area (Å²) in [6.07, 6.45) is 1.94. The van der Waals surface area contributed by atoms with Gasteiger partial charge in [0.2, 0.25) is 11.8 Å². The fourth-order valence-corrected chi connectivity index (χ4v) is 3.91. The Hall–Kier alpha value is -1.44. The minimum Gasteiger partial charge on any atom is -0.353 e. The molecule has 3 unspecified atom stereocenters. The van der Waals surface area contributed by atoms with Crippen LogP contribution in [0.5, 0.6) is 0 Å². The van der Waals surface area contributed by atoms with Gasteiger partial charge in [-0.05, 0) is 24.3 Å². The number of thiophene rings is 1. The second-order valence-corrected chi connectivity index (χ2v) is 7.03. The van der Waals surface area contributed by atoms with Crippen LogP contribution in [0.2, 0.25) is 0 Å². The molecule has 1 aromatic rings. The van der Waals surface area contributed by atoms with Gasteiger partial charge in [-0.1, -0.05) is 6.07 Å². The molecule has 3 rings (SSSR count). The van der Waals surface area contributed by atoms with E-state index in [4.69, 9.17) is 5.73 Å². The first-order valence-electron chi connectivity index (χ1n) is 7.71. The predicted octanol–water partition coefficient (Wildman–Crippen LogP) is 0.0445. The first kappa shape index (κ1) is 15.5. The zero-order valence-electron chi connectivity index (χ0n) is 12.5. The summed E-state index contributed by atoms with van der Waals surface area (Å²) in [5.74, 6) is 0.136. The lowest BCUT2D eigenvalue weighted by Gasteiger charge is -2.37. The second kappa shape index (κ2) is 6.76. The lowest BCUT2D eigenvalue weighted by atomic mass is 10.0. The average Bonchev–Trinajstić information content (AvgIpc) is 3.13. The molecule has 6 nitrogen and oxygen atoms in total. The van der Waals surface area contributed by atoms with Crippen LogP contribution in [0.3, 0.4) is 0 Å². The van der Waals surface area contributed by atoms with Crippen molar-refractivity contribution in [1.29, 1.82) is 0 Å². The molecule has 2 aliphatic rings. The number of nitrogens with two attached hydrogens (primary N) is 1. The van der Waals surface area contributed by atoms with E-state index in [1.54, 1.807) is 11.3 Å². The maximum absolute atomic E-state index is 12.0. The van der Waals surface area contributed by atoms with Crippen molar-refractivity contribution in [2.75, 3.05) is 13.1 Å². The van der Waals surface area contributed by atoms with Gasteiger partial charge < -0.3 is 16.4 Å². The summed E-state index contributed by atoms with van der Waals surface area (Å²) in [5.41, 5.74) is 5.98. The van der Waals surface area contributed by atoms with E-state index in [1.807, 2.05) is 17.5 Å². The van der Waals surface area contributed by atoms with Gasteiger partial charge in [-0.15, -0.1) is 11.3 Å². The third-order valence-corrected chi connectivity index (χ3v) is 5.28. The van der Waals surface area contributed by atoms with Crippen molar-refractivity contribution in [2.24, 2.45) is 5.73 Å². The van der Waals surface area contributed by atoms with Gasteiger partial charge in [0.15, 0.2) is 0 Å². The Morgan fingerprint density at radius 2 is 2.41 bits per heavy atom. The molecule has 0 aliphatic carbocycles. The average molecular weight is 322 g/mol. The summed E-state index contributed by atoms with van der Waals surface area (Å²) >= 11 is 1.64. The number of nitrogens with zero attached hydrogens (tertiary/aromatic N) is 1. The number of hydrogen-bond acceptors (Lipinski definition) is 5. The number of fused-ring (bicyclic) bond motifs is 1. The molecule has 22 heavy (non-hydrogen) atoms. The summed E-state index contributed by atoms with van der Waals surface area (Å²) in [4.78, 5) is 27.2. The molecule has 2 saturated heterocycles. The van der Waals surface area contributed by atoms with Crippen molar-refractivity contribution in [3.05, 3.63) is 22.4 Å². The summed E-state index contributed by atoms with van der Waals surface area (Å²) < 4.78 is 0. The maximum atomic E-state index is 12.0. The van der Waals surface area contributed by atoms with Crippen LogP contribution in [-0.2, 0) is 16.1 Å². The van der Waals surface area contributed by atoms with E-state index in [2.05, 4.69) is 15.5 Å². The first-order valence-corrected chi connectivity index (χ1v) is 8.59. The lowest BCUT2D eigenvalue weighted by molar-refractivity contribution is -0.129. The Labute approximate surface area is 134 Å². The third-order valence-electron chi connectivity index (χ3n) is 4.40. The predicted molar refractivity (Wildman–Crippen MR) is 85.3 cm³/mol. The number of carbonyl (C=O) groups excluding carboxylic acids is 2. The highest BCUT2D eigenvalue weighted by molar-refractivity contribution is 7.09.